The SMILES string of the molecule is COc1ccc(-c2nnc(SCC(=O)Nc3ccc(Oc4ccccc4)cc3)n2-c2ccc(C)cc2)cc1. The Labute approximate surface area is 225 Å². The molecule has 1 heterocycles. The molecule has 0 aliphatic carbocycles. The molecular formula is C30H26N4O3S. The highest BCUT2D eigenvalue weighted by atomic mass is 32.2. The van der Waals surface area contributed by atoms with Gasteiger partial charge in [-0.25, -0.2) is 0 Å². The number of benzene rings is 4. The van der Waals surface area contributed by atoms with Gasteiger partial charge in [-0.3, -0.25) is 9.36 Å². The molecule has 38 heavy (non-hydrogen) atoms. The standard InChI is InChI=1S/C30H26N4O3S/c1-21-8-14-24(15-9-21)34-29(22-10-16-25(36-2)17-11-22)32-33-30(34)38-20-28(35)31-23-12-18-27(19-13-23)37-26-6-4-3-5-7-26/h3-19H,20H2,1-2H3,(H,31,35). The summed E-state index contributed by atoms with van der Waals surface area (Å²) in [4.78, 5) is 12.8. The van der Waals surface area contributed by atoms with E-state index in [1.807, 2.05) is 115 Å². The summed E-state index contributed by atoms with van der Waals surface area (Å²) in [7, 11) is 1.64. The van der Waals surface area contributed by atoms with Crippen molar-refractivity contribution in [2.45, 2.75) is 12.1 Å². The maximum absolute atomic E-state index is 12.8. The zero-order chi connectivity index (χ0) is 26.3. The van der Waals surface area contributed by atoms with Crippen molar-refractivity contribution in [3.05, 3.63) is 109 Å². The number of nitrogens with zero attached hydrogens (tertiary/aromatic N) is 3. The van der Waals surface area contributed by atoms with Gasteiger partial charge >= 0.3 is 0 Å². The van der Waals surface area contributed by atoms with E-state index in [4.69, 9.17) is 9.47 Å². The monoisotopic (exact) mass is 522 g/mol. The number of carbonyl (C=O) groups is 1. The Kier molecular flexibility index (Phi) is 7.70. The minimum Gasteiger partial charge on any atom is -0.497 e. The van der Waals surface area contributed by atoms with Crippen LogP contribution in [0, 0.1) is 6.92 Å². The third-order valence-electron chi connectivity index (χ3n) is 5.72. The van der Waals surface area contributed by atoms with Crippen molar-refractivity contribution in [1.29, 1.82) is 0 Å². The molecule has 0 radical (unpaired) electrons. The van der Waals surface area contributed by atoms with Crippen LogP contribution >= 0.6 is 11.8 Å². The van der Waals surface area contributed by atoms with Gasteiger partial charge in [-0.2, -0.15) is 0 Å². The minimum absolute atomic E-state index is 0.142. The first-order valence-corrected chi connectivity index (χ1v) is 13.0. The predicted octanol–water partition coefficient (Wildman–Crippen LogP) is 6.77. The van der Waals surface area contributed by atoms with Crippen molar-refractivity contribution in [2.24, 2.45) is 0 Å². The van der Waals surface area contributed by atoms with Gasteiger partial charge in [0.25, 0.3) is 0 Å². The van der Waals surface area contributed by atoms with Crippen LogP contribution in [0.5, 0.6) is 17.2 Å². The summed E-state index contributed by atoms with van der Waals surface area (Å²) in [5.74, 6) is 2.94. The van der Waals surface area contributed by atoms with Crippen LogP contribution in [0.2, 0.25) is 0 Å². The highest BCUT2D eigenvalue weighted by molar-refractivity contribution is 7.99. The number of aryl methyl sites for hydroxylation is 1. The van der Waals surface area contributed by atoms with E-state index in [2.05, 4.69) is 15.5 Å². The lowest BCUT2D eigenvalue weighted by atomic mass is 10.2. The van der Waals surface area contributed by atoms with E-state index in [0.29, 0.717) is 22.4 Å². The van der Waals surface area contributed by atoms with Crippen LogP contribution in [-0.2, 0) is 4.79 Å². The molecule has 0 saturated carbocycles. The van der Waals surface area contributed by atoms with Gasteiger partial charge in [-0.05, 0) is 79.7 Å². The van der Waals surface area contributed by atoms with Gasteiger partial charge in [0.05, 0.1) is 12.9 Å². The third kappa shape index (κ3) is 6.04. The number of nitrogens with one attached hydrogen (secondary N) is 1. The van der Waals surface area contributed by atoms with Gasteiger partial charge in [0.2, 0.25) is 5.91 Å². The summed E-state index contributed by atoms with van der Waals surface area (Å²) in [5.41, 5.74) is 3.66. The maximum Gasteiger partial charge on any atom is 0.234 e. The molecule has 5 aromatic rings. The summed E-state index contributed by atoms with van der Waals surface area (Å²) >= 11 is 1.33. The number of methoxy groups -OCH3 is 1. The third-order valence-corrected chi connectivity index (χ3v) is 6.65. The normalized spacial score (nSPS) is 10.7. The first kappa shape index (κ1) is 25.1. The number of rotatable bonds is 9. The Morgan fingerprint density at radius 2 is 1.47 bits per heavy atom. The summed E-state index contributed by atoms with van der Waals surface area (Å²) < 4.78 is 13.1. The second kappa shape index (κ2) is 11.7. The quantitative estimate of drug-likeness (QED) is 0.215. The van der Waals surface area contributed by atoms with Gasteiger partial charge in [-0.15, -0.1) is 10.2 Å². The van der Waals surface area contributed by atoms with Crippen molar-refractivity contribution in [3.63, 3.8) is 0 Å². The Hall–Kier alpha value is -4.56. The van der Waals surface area contributed by atoms with Crippen LogP contribution in [0.1, 0.15) is 5.56 Å². The molecule has 0 atom stereocenters. The first-order valence-electron chi connectivity index (χ1n) is 12.0. The highest BCUT2D eigenvalue weighted by Gasteiger charge is 2.17. The Bertz CT molecular complexity index is 1500. The average molecular weight is 523 g/mol. The number of hydrogen-bond acceptors (Lipinski definition) is 6. The van der Waals surface area contributed by atoms with Crippen LogP contribution in [0.25, 0.3) is 17.1 Å². The van der Waals surface area contributed by atoms with E-state index in [-0.39, 0.29) is 11.7 Å². The van der Waals surface area contributed by atoms with Gasteiger partial charge in [0.15, 0.2) is 11.0 Å². The van der Waals surface area contributed by atoms with Crippen molar-refractivity contribution < 1.29 is 14.3 Å². The highest BCUT2D eigenvalue weighted by Crippen LogP contribution is 2.29. The molecule has 1 aromatic heterocycles. The van der Waals surface area contributed by atoms with E-state index in [9.17, 15) is 4.79 Å². The number of thioether (sulfide) groups is 1. The largest absolute Gasteiger partial charge is 0.497 e. The smallest absolute Gasteiger partial charge is 0.234 e. The predicted molar refractivity (Wildman–Crippen MR) is 150 cm³/mol. The van der Waals surface area contributed by atoms with E-state index < -0.39 is 0 Å². The fraction of sp³-hybridized carbons (Fsp3) is 0.100. The maximum atomic E-state index is 12.8. The lowest BCUT2D eigenvalue weighted by Crippen LogP contribution is -2.14. The van der Waals surface area contributed by atoms with Crippen molar-refractivity contribution in [3.8, 4) is 34.3 Å². The van der Waals surface area contributed by atoms with Crippen LogP contribution in [0.15, 0.2) is 108 Å². The van der Waals surface area contributed by atoms with Crippen LogP contribution < -0.4 is 14.8 Å². The number of hydrogen-bond donors (Lipinski definition) is 1. The van der Waals surface area contributed by atoms with Crippen molar-refractivity contribution in [2.75, 3.05) is 18.2 Å². The zero-order valence-electron chi connectivity index (χ0n) is 21.0. The lowest BCUT2D eigenvalue weighted by Gasteiger charge is -2.11. The van der Waals surface area contributed by atoms with Crippen LogP contribution in [0.3, 0.4) is 0 Å². The molecule has 0 unspecified atom stereocenters. The topological polar surface area (TPSA) is 78.3 Å². The number of amides is 1. The van der Waals surface area contributed by atoms with E-state index >= 15 is 0 Å². The van der Waals surface area contributed by atoms with E-state index in [1.165, 1.54) is 11.8 Å². The molecule has 0 aliphatic heterocycles. The van der Waals surface area contributed by atoms with E-state index in [0.717, 1.165) is 28.3 Å². The van der Waals surface area contributed by atoms with Crippen molar-refractivity contribution in [1.82, 2.24) is 14.8 Å². The molecule has 0 spiro atoms. The fourth-order valence-corrected chi connectivity index (χ4v) is 4.53. The molecule has 7 nitrogen and oxygen atoms in total. The average Bonchev–Trinajstić information content (AvgIpc) is 3.38. The van der Waals surface area contributed by atoms with Gasteiger partial charge in [-0.1, -0.05) is 47.7 Å². The molecule has 0 fully saturated rings. The first-order chi connectivity index (χ1) is 18.6. The Balaban J connectivity index is 1.29. The summed E-state index contributed by atoms with van der Waals surface area (Å²) in [6.45, 7) is 2.04. The molecule has 1 amide bonds. The van der Waals surface area contributed by atoms with Gasteiger partial charge < -0.3 is 14.8 Å². The number of carbonyl (C=O) groups excluding carboxylic acids is 1. The lowest BCUT2D eigenvalue weighted by molar-refractivity contribution is -0.113. The van der Waals surface area contributed by atoms with E-state index in [1.54, 1.807) is 7.11 Å². The fourth-order valence-electron chi connectivity index (χ4n) is 3.78. The molecule has 190 valence electrons. The molecular weight excluding hydrogens is 496 g/mol. The minimum atomic E-state index is -0.142. The number of para-hydroxylation sites is 1. The van der Waals surface area contributed by atoms with Gasteiger partial charge in [0.1, 0.15) is 17.2 Å². The summed E-state index contributed by atoms with van der Waals surface area (Å²) in [6, 6.07) is 32.6. The number of anilines is 1. The molecule has 1 N–H and O–H groups in total. The summed E-state index contributed by atoms with van der Waals surface area (Å²) in [5, 5.41) is 12.4. The Morgan fingerprint density at radius 3 is 2.16 bits per heavy atom. The second-order valence-corrected chi connectivity index (χ2v) is 9.42. The number of aromatic nitrogens is 3. The molecule has 0 aliphatic rings. The molecule has 8 heteroatoms. The van der Waals surface area contributed by atoms with Crippen LogP contribution in [0.4, 0.5) is 5.69 Å². The molecule has 5 rings (SSSR count). The van der Waals surface area contributed by atoms with Crippen LogP contribution in [-0.4, -0.2) is 33.5 Å². The van der Waals surface area contributed by atoms with Crippen molar-refractivity contribution >= 4 is 23.4 Å². The zero-order valence-corrected chi connectivity index (χ0v) is 21.8. The molecule has 0 saturated heterocycles. The second-order valence-electron chi connectivity index (χ2n) is 8.48. The molecule has 0 bridgehead atoms. The van der Waals surface area contributed by atoms with Gasteiger partial charge in [0, 0.05) is 16.9 Å². The Morgan fingerprint density at radius 1 is 0.816 bits per heavy atom. The summed E-state index contributed by atoms with van der Waals surface area (Å²) in [6.07, 6.45) is 0. The number of ether oxygens (including phenoxy) is 2. The molecule has 4 aromatic carbocycles.